The Balaban J connectivity index is 0.000000980. The second-order valence-electron chi connectivity index (χ2n) is 2.57. The number of rotatable bonds is 0. The minimum atomic E-state index is -4.39. The molecule has 0 spiro atoms. The van der Waals surface area contributed by atoms with Crippen molar-refractivity contribution in [2.45, 2.75) is 6.30 Å². The fourth-order valence-corrected chi connectivity index (χ4v) is 1.16. The van der Waals surface area contributed by atoms with Crippen LogP contribution in [0.2, 0.25) is 0 Å². The van der Waals surface area contributed by atoms with E-state index in [4.69, 9.17) is 0 Å². The third-order valence-corrected chi connectivity index (χ3v) is 1.73. The SMILES string of the molecule is FC(F)(F)n1cnc2ccccc21.[Na]. The topological polar surface area (TPSA) is 17.8 Å². The number of benzene rings is 1. The molecular weight excluding hydrogens is 204 g/mol. The Morgan fingerprint density at radius 3 is 2.43 bits per heavy atom. The molecule has 0 saturated carbocycles. The summed E-state index contributed by atoms with van der Waals surface area (Å²) in [6, 6.07) is 6.12. The van der Waals surface area contributed by atoms with Crippen LogP contribution in [0.25, 0.3) is 11.0 Å². The Morgan fingerprint density at radius 2 is 1.79 bits per heavy atom. The molecule has 69 valence electrons. The molecule has 0 aliphatic carbocycles. The molecule has 2 rings (SSSR count). The predicted molar refractivity (Wildman–Crippen MR) is 46.8 cm³/mol. The summed E-state index contributed by atoms with van der Waals surface area (Å²) in [7, 11) is 0. The molecule has 0 atom stereocenters. The van der Waals surface area contributed by atoms with Gasteiger partial charge in [0.2, 0.25) is 0 Å². The number of nitrogens with zero attached hydrogens (tertiary/aromatic N) is 2. The van der Waals surface area contributed by atoms with Crippen molar-refractivity contribution in [1.29, 1.82) is 0 Å². The maximum absolute atomic E-state index is 12.3. The summed E-state index contributed by atoms with van der Waals surface area (Å²) in [5.74, 6) is 0. The Morgan fingerprint density at radius 1 is 1.14 bits per heavy atom. The van der Waals surface area contributed by atoms with Gasteiger partial charge in [0.25, 0.3) is 0 Å². The van der Waals surface area contributed by atoms with Gasteiger partial charge in [-0.1, -0.05) is 12.1 Å². The predicted octanol–water partition coefficient (Wildman–Crippen LogP) is 2.13. The molecule has 1 radical (unpaired) electrons. The fourth-order valence-electron chi connectivity index (χ4n) is 1.16. The summed E-state index contributed by atoms with van der Waals surface area (Å²) in [6.07, 6.45) is -3.61. The summed E-state index contributed by atoms with van der Waals surface area (Å²) in [5, 5.41) is 0. The van der Waals surface area contributed by atoms with Gasteiger partial charge < -0.3 is 0 Å². The van der Waals surface area contributed by atoms with E-state index in [1.54, 1.807) is 12.1 Å². The summed E-state index contributed by atoms with van der Waals surface area (Å²) >= 11 is 0. The second kappa shape index (κ2) is 3.92. The molecule has 0 aliphatic heterocycles. The summed E-state index contributed by atoms with van der Waals surface area (Å²) in [5.41, 5.74) is 0.426. The van der Waals surface area contributed by atoms with Crippen LogP contribution in [0.1, 0.15) is 0 Å². The van der Waals surface area contributed by atoms with Crippen LogP contribution < -0.4 is 0 Å². The molecule has 1 heterocycles. The molecule has 6 heteroatoms. The third kappa shape index (κ3) is 1.94. The Bertz CT molecular complexity index is 435. The molecule has 14 heavy (non-hydrogen) atoms. The van der Waals surface area contributed by atoms with E-state index in [-0.39, 0.29) is 39.6 Å². The molecule has 0 aliphatic rings. The number of imidazole rings is 1. The monoisotopic (exact) mass is 209 g/mol. The van der Waals surface area contributed by atoms with Crippen LogP contribution in [0.5, 0.6) is 0 Å². The van der Waals surface area contributed by atoms with E-state index in [0.29, 0.717) is 5.52 Å². The normalized spacial score (nSPS) is 11.4. The minimum Gasteiger partial charge on any atom is -0.241 e. The Labute approximate surface area is 100 Å². The standard InChI is InChI=1S/C8H5F3N2.Na/c9-8(10,11)13-5-12-6-3-1-2-4-7(6)13;/h1-5H;. The first-order valence-corrected chi connectivity index (χ1v) is 3.58. The summed E-state index contributed by atoms with van der Waals surface area (Å²) in [6.45, 7) is 0. The number of aromatic nitrogens is 2. The molecule has 2 aromatic rings. The number of alkyl halides is 3. The number of para-hydroxylation sites is 2. The van der Waals surface area contributed by atoms with Crippen molar-refractivity contribution >= 4 is 40.6 Å². The van der Waals surface area contributed by atoms with Crippen LogP contribution in [-0.4, -0.2) is 39.1 Å². The number of hydrogen-bond acceptors (Lipinski definition) is 1. The molecule has 1 aromatic carbocycles. The van der Waals surface area contributed by atoms with Crippen LogP contribution in [-0.2, 0) is 6.30 Å². The molecular formula is C8H5F3N2Na. The number of fused-ring (bicyclic) bond motifs is 1. The minimum absolute atomic E-state index is 0. The second-order valence-corrected chi connectivity index (χ2v) is 2.57. The van der Waals surface area contributed by atoms with Crippen molar-refractivity contribution in [2.75, 3.05) is 0 Å². The van der Waals surface area contributed by atoms with Gasteiger partial charge in [0.15, 0.2) is 0 Å². The molecule has 0 unspecified atom stereocenters. The molecule has 0 amide bonds. The number of halogens is 3. The zero-order valence-electron chi connectivity index (χ0n) is 7.42. The molecule has 0 bridgehead atoms. The summed E-state index contributed by atoms with van der Waals surface area (Å²) < 4.78 is 37.0. The molecule has 0 fully saturated rings. The van der Waals surface area contributed by atoms with Gasteiger partial charge in [-0.15, -0.1) is 13.2 Å². The van der Waals surface area contributed by atoms with Crippen molar-refractivity contribution in [3.63, 3.8) is 0 Å². The van der Waals surface area contributed by atoms with E-state index in [1.807, 2.05) is 0 Å². The van der Waals surface area contributed by atoms with E-state index in [0.717, 1.165) is 6.33 Å². The molecule has 2 nitrogen and oxygen atoms in total. The van der Waals surface area contributed by atoms with Crippen molar-refractivity contribution in [3.8, 4) is 0 Å². The smallest absolute Gasteiger partial charge is 0.241 e. The summed E-state index contributed by atoms with van der Waals surface area (Å²) in [4.78, 5) is 3.63. The Kier molecular flexibility index (Phi) is 3.24. The average Bonchev–Trinajstić information content (AvgIpc) is 2.45. The quantitative estimate of drug-likeness (QED) is 0.608. The van der Waals surface area contributed by atoms with Crippen molar-refractivity contribution in [3.05, 3.63) is 30.6 Å². The van der Waals surface area contributed by atoms with Gasteiger partial charge in [-0.05, 0) is 12.1 Å². The van der Waals surface area contributed by atoms with Gasteiger partial charge in [0.1, 0.15) is 6.33 Å². The first-order chi connectivity index (χ1) is 6.09. The van der Waals surface area contributed by atoms with E-state index >= 15 is 0 Å². The first-order valence-electron chi connectivity index (χ1n) is 3.58. The van der Waals surface area contributed by atoms with Gasteiger partial charge in [0.05, 0.1) is 11.0 Å². The van der Waals surface area contributed by atoms with E-state index in [1.165, 1.54) is 12.1 Å². The zero-order valence-corrected chi connectivity index (χ0v) is 9.42. The van der Waals surface area contributed by atoms with Gasteiger partial charge in [0, 0.05) is 29.6 Å². The Hall–Kier alpha value is -0.520. The van der Waals surface area contributed by atoms with Gasteiger partial charge in [-0.2, -0.15) is 0 Å². The largest absolute Gasteiger partial charge is 0.490 e. The van der Waals surface area contributed by atoms with Crippen molar-refractivity contribution in [1.82, 2.24) is 9.55 Å². The van der Waals surface area contributed by atoms with E-state index in [9.17, 15) is 13.2 Å². The third-order valence-electron chi connectivity index (χ3n) is 1.73. The maximum Gasteiger partial charge on any atom is 0.490 e. The van der Waals surface area contributed by atoms with Crippen molar-refractivity contribution in [2.24, 2.45) is 0 Å². The van der Waals surface area contributed by atoms with Crippen LogP contribution >= 0.6 is 0 Å². The van der Waals surface area contributed by atoms with Crippen molar-refractivity contribution < 1.29 is 13.2 Å². The van der Waals surface area contributed by atoms with Gasteiger partial charge in [-0.3, -0.25) is 0 Å². The van der Waals surface area contributed by atoms with Crippen LogP contribution in [0, 0.1) is 0 Å². The zero-order chi connectivity index (χ0) is 9.47. The van der Waals surface area contributed by atoms with Crippen LogP contribution in [0.4, 0.5) is 13.2 Å². The molecule has 1 aromatic heterocycles. The fraction of sp³-hybridized carbons (Fsp3) is 0.125. The number of hydrogen-bond donors (Lipinski definition) is 0. The first kappa shape index (κ1) is 11.6. The van der Waals surface area contributed by atoms with E-state index < -0.39 is 6.30 Å². The van der Waals surface area contributed by atoms with Gasteiger partial charge in [-0.25, -0.2) is 9.55 Å². The van der Waals surface area contributed by atoms with Crippen LogP contribution in [0.3, 0.4) is 0 Å². The van der Waals surface area contributed by atoms with Gasteiger partial charge >= 0.3 is 6.30 Å². The van der Waals surface area contributed by atoms with E-state index in [2.05, 4.69) is 4.98 Å². The van der Waals surface area contributed by atoms with Crippen LogP contribution in [0.15, 0.2) is 30.6 Å². The molecule has 0 N–H and O–H groups in total. The maximum atomic E-state index is 12.3. The molecule has 0 saturated heterocycles. The average molecular weight is 209 g/mol.